The number of carbonyl (C=O) groups excluding carboxylic acids is 2. The molecule has 0 spiro atoms. The molecule has 44 heavy (non-hydrogen) atoms. The highest BCUT2D eigenvalue weighted by atomic mass is 16.7. The smallest absolute Gasteiger partial charge is 0.155 e. The predicted octanol–water partition coefficient (Wildman–Crippen LogP) is 9.39. The minimum absolute atomic E-state index is 0.225. The van der Waals surface area contributed by atoms with E-state index in [-0.39, 0.29) is 23.8 Å². The van der Waals surface area contributed by atoms with Crippen molar-refractivity contribution in [3.8, 4) is 0 Å². The fraction of sp³-hybridized carbons (Fsp3) is 0.737. The van der Waals surface area contributed by atoms with Crippen LogP contribution in [-0.4, -0.2) is 49.6 Å². The number of rotatable bonds is 17. The molecule has 2 aliphatic rings. The van der Waals surface area contributed by atoms with Crippen LogP contribution in [0.1, 0.15) is 133 Å². The van der Waals surface area contributed by atoms with Gasteiger partial charge in [0, 0.05) is 26.1 Å². The third-order valence-corrected chi connectivity index (χ3v) is 9.26. The number of ketones is 2. The van der Waals surface area contributed by atoms with Crippen LogP contribution in [0, 0.1) is 10.8 Å². The van der Waals surface area contributed by atoms with Gasteiger partial charge in [-0.05, 0) is 132 Å². The summed E-state index contributed by atoms with van der Waals surface area (Å²) in [6, 6.07) is 0. The molecule has 6 nitrogen and oxygen atoms in total. The average molecular weight is 615 g/mol. The first-order valence-electron chi connectivity index (χ1n) is 17.0. The molecular formula is C38H62O6. The van der Waals surface area contributed by atoms with E-state index in [2.05, 4.69) is 26.0 Å². The second-order valence-electron chi connectivity index (χ2n) is 13.6. The highest BCUT2D eigenvalue weighted by Crippen LogP contribution is 2.45. The monoisotopic (exact) mass is 614 g/mol. The van der Waals surface area contributed by atoms with Crippen molar-refractivity contribution < 1.29 is 28.5 Å². The van der Waals surface area contributed by atoms with Gasteiger partial charge in [-0.25, -0.2) is 0 Å². The Balaban J connectivity index is 2.32. The molecule has 0 bridgehead atoms. The molecule has 0 saturated heterocycles. The van der Waals surface area contributed by atoms with Gasteiger partial charge >= 0.3 is 0 Å². The van der Waals surface area contributed by atoms with Crippen LogP contribution in [-0.2, 0) is 28.5 Å². The van der Waals surface area contributed by atoms with E-state index >= 15 is 0 Å². The zero-order valence-corrected chi connectivity index (χ0v) is 29.6. The van der Waals surface area contributed by atoms with Crippen LogP contribution >= 0.6 is 0 Å². The van der Waals surface area contributed by atoms with Gasteiger partial charge in [0.25, 0.3) is 0 Å². The van der Waals surface area contributed by atoms with Gasteiger partial charge in [0.05, 0.1) is 23.0 Å². The third kappa shape index (κ3) is 10.9. The Morgan fingerprint density at radius 3 is 1.41 bits per heavy atom. The maximum Gasteiger partial charge on any atom is 0.155 e. The molecule has 0 aromatic rings. The van der Waals surface area contributed by atoms with Crippen LogP contribution in [0.2, 0.25) is 0 Å². The molecule has 6 atom stereocenters. The summed E-state index contributed by atoms with van der Waals surface area (Å²) in [6.45, 7) is 21.1. The minimum atomic E-state index is -0.592. The first-order chi connectivity index (χ1) is 20.8. The summed E-state index contributed by atoms with van der Waals surface area (Å²) < 4.78 is 24.5. The number of hydrogen-bond acceptors (Lipinski definition) is 6. The van der Waals surface area contributed by atoms with E-state index in [4.69, 9.17) is 18.9 Å². The molecule has 250 valence electrons. The molecule has 0 radical (unpaired) electrons. The van der Waals surface area contributed by atoms with E-state index in [1.54, 1.807) is 0 Å². The van der Waals surface area contributed by atoms with Crippen molar-refractivity contribution >= 4 is 11.6 Å². The van der Waals surface area contributed by atoms with Crippen molar-refractivity contribution in [1.82, 2.24) is 0 Å². The highest BCUT2D eigenvalue weighted by Gasteiger charge is 2.47. The Kier molecular flexibility index (Phi) is 16.0. The number of ether oxygens (including phenoxy) is 4. The van der Waals surface area contributed by atoms with Crippen molar-refractivity contribution in [2.45, 2.75) is 158 Å². The molecule has 2 fully saturated rings. The van der Waals surface area contributed by atoms with E-state index in [1.807, 2.05) is 67.5 Å². The Labute approximate surface area is 268 Å². The molecule has 2 saturated carbocycles. The largest absolute Gasteiger partial charge is 0.353 e. The molecule has 2 aliphatic carbocycles. The zero-order chi connectivity index (χ0) is 32.9. The van der Waals surface area contributed by atoms with E-state index in [1.165, 1.54) is 11.1 Å². The molecule has 6 heteroatoms. The SMILES string of the molecule is CCOC(C)O[C@@H]1/C(=C\CC/C=C2/CCC[C@](C)(C(=O)CC=C(C)C)[C@@H]2OC(C)OCC)CCC[C@]1(C)C(=O)CC=C(C)C. The van der Waals surface area contributed by atoms with Crippen LogP contribution in [0.15, 0.2) is 46.6 Å². The molecular weight excluding hydrogens is 552 g/mol. The Hall–Kier alpha value is -1.86. The van der Waals surface area contributed by atoms with Gasteiger partial charge in [-0.2, -0.15) is 0 Å². The van der Waals surface area contributed by atoms with Crippen molar-refractivity contribution in [3.63, 3.8) is 0 Å². The van der Waals surface area contributed by atoms with Gasteiger partial charge in [0.1, 0.15) is 11.6 Å². The molecule has 2 rings (SSSR count). The summed E-state index contributed by atoms with van der Waals surface area (Å²) in [5, 5.41) is 0. The van der Waals surface area contributed by atoms with Crippen molar-refractivity contribution in [2.75, 3.05) is 13.2 Å². The van der Waals surface area contributed by atoms with E-state index in [0.717, 1.165) is 62.5 Å². The Bertz CT molecular complexity index is 975. The van der Waals surface area contributed by atoms with Crippen LogP contribution in [0.25, 0.3) is 0 Å². The Morgan fingerprint density at radius 2 is 1.09 bits per heavy atom. The highest BCUT2D eigenvalue weighted by molar-refractivity contribution is 5.87. The molecule has 0 heterocycles. The number of unbranched alkanes of at least 4 members (excludes halogenated alkanes) is 1. The standard InChI is InChI=1S/C38H62O6/c1-11-41-29(7)43-35-31(19-15-25-37(35,9)33(39)23-21-27(3)4)17-13-14-18-32-20-16-26-38(10,34(40)24-22-28(5)6)36(32)44-30(8)42-12-2/h17-18,21-22,29-30,35-36H,11-16,19-20,23-26H2,1-10H3/b31-17-,32-18-/t29?,30?,35-,36-,37-,38-/m1/s1. The summed E-state index contributed by atoms with van der Waals surface area (Å²) in [5.41, 5.74) is 3.50. The molecule has 0 aliphatic heterocycles. The Morgan fingerprint density at radius 1 is 0.727 bits per heavy atom. The lowest BCUT2D eigenvalue weighted by molar-refractivity contribution is -0.183. The lowest BCUT2D eigenvalue weighted by Crippen LogP contribution is -2.47. The molecule has 0 aromatic carbocycles. The van der Waals surface area contributed by atoms with E-state index in [9.17, 15) is 9.59 Å². The van der Waals surface area contributed by atoms with Gasteiger partial charge < -0.3 is 18.9 Å². The first-order valence-corrected chi connectivity index (χ1v) is 17.0. The molecule has 0 N–H and O–H groups in total. The summed E-state index contributed by atoms with van der Waals surface area (Å²) >= 11 is 0. The van der Waals surface area contributed by atoms with Crippen LogP contribution in [0.5, 0.6) is 0 Å². The predicted molar refractivity (Wildman–Crippen MR) is 179 cm³/mol. The minimum Gasteiger partial charge on any atom is -0.353 e. The van der Waals surface area contributed by atoms with Crippen molar-refractivity contribution in [2.24, 2.45) is 10.8 Å². The van der Waals surface area contributed by atoms with Gasteiger partial charge in [-0.15, -0.1) is 0 Å². The molecule has 0 amide bonds. The maximum atomic E-state index is 13.6. The van der Waals surface area contributed by atoms with Crippen molar-refractivity contribution in [3.05, 3.63) is 46.6 Å². The lowest BCUT2D eigenvalue weighted by atomic mass is 9.67. The third-order valence-electron chi connectivity index (χ3n) is 9.26. The van der Waals surface area contributed by atoms with Crippen molar-refractivity contribution in [1.29, 1.82) is 0 Å². The maximum absolute atomic E-state index is 13.6. The van der Waals surface area contributed by atoms with Gasteiger partial charge in [0.2, 0.25) is 0 Å². The second kappa shape index (κ2) is 18.3. The van der Waals surface area contributed by atoms with Crippen LogP contribution in [0.4, 0.5) is 0 Å². The van der Waals surface area contributed by atoms with Gasteiger partial charge in [-0.3, -0.25) is 9.59 Å². The second-order valence-corrected chi connectivity index (χ2v) is 13.6. The lowest BCUT2D eigenvalue weighted by Gasteiger charge is -2.43. The first kappa shape index (κ1) is 38.3. The summed E-state index contributed by atoms with van der Waals surface area (Å²) in [5.74, 6) is 0.450. The van der Waals surface area contributed by atoms with Gasteiger partial charge in [0.15, 0.2) is 12.6 Å². The molecule has 0 aromatic heterocycles. The van der Waals surface area contributed by atoms with Gasteiger partial charge in [-0.1, -0.05) is 35.5 Å². The van der Waals surface area contributed by atoms with E-state index in [0.29, 0.717) is 26.1 Å². The summed E-state index contributed by atoms with van der Waals surface area (Å²) in [7, 11) is 0. The number of hydrogen-bond donors (Lipinski definition) is 0. The molecule has 2 unspecified atom stereocenters. The zero-order valence-electron chi connectivity index (χ0n) is 29.6. The number of carbonyl (C=O) groups is 2. The number of allylic oxidation sites excluding steroid dienone is 6. The fourth-order valence-electron chi connectivity index (χ4n) is 6.66. The van der Waals surface area contributed by atoms with E-state index < -0.39 is 23.4 Å². The summed E-state index contributed by atoms with van der Waals surface area (Å²) in [6.07, 6.45) is 15.1. The van der Waals surface area contributed by atoms with Crippen LogP contribution in [0.3, 0.4) is 0 Å². The number of Topliss-reactive ketones (excluding diaryl/α,β-unsaturated/α-hetero) is 2. The average Bonchev–Trinajstić information content (AvgIpc) is 2.96. The summed E-state index contributed by atoms with van der Waals surface area (Å²) in [4.78, 5) is 27.1. The normalized spacial score (nSPS) is 28.9. The quantitative estimate of drug-likeness (QED) is 0.0923. The van der Waals surface area contributed by atoms with Crippen LogP contribution < -0.4 is 0 Å². The topological polar surface area (TPSA) is 71.1 Å². The fourth-order valence-corrected chi connectivity index (χ4v) is 6.66.